The summed E-state index contributed by atoms with van der Waals surface area (Å²) in [6.07, 6.45) is 27.0. The van der Waals surface area contributed by atoms with Crippen molar-refractivity contribution in [3.63, 3.8) is 0 Å². The fraction of sp³-hybridized carbons (Fsp3) is 1.00. The Morgan fingerprint density at radius 3 is 1.00 bits per heavy atom. The molecule has 0 amide bonds. The molecule has 0 atom stereocenters. The van der Waals surface area contributed by atoms with Crippen LogP contribution in [0.1, 0.15) is 118 Å². The molecule has 0 aliphatic heterocycles. The van der Waals surface area contributed by atoms with Crippen molar-refractivity contribution in [3.05, 3.63) is 0 Å². The van der Waals surface area contributed by atoms with Crippen molar-refractivity contribution in [1.82, 2.24) is 0 Å². The molecule has 0 saturated carbocycles. The zero-order valence-corrected chi connectivity index (χ0v) is 18.1. The second kappa shape index (κ2) is 17.3. The van der Waals surface area contributed by atoms with E-state index in [9.17, 15) is 0 Å². The topological polar surface area (TPSA) is 0 Å². The molecule has 0 bridgehead atoms. The highest BCUT2D eigenvalue weighted by Crippen LogP contribution is 2.61. The Morgan fingerprint density at radius 2 is 0.652 bits per heavy atom. The van der Waals surface area contributed by atoms with Gasteiger partial charge in [-0.3, -0.25) is 0 Å². The molecule has 0 aromatic heterocycles. The molecule has 0 saturated heterocycles. The van der Waals surface area contributed by atoms with Crippen LogP contribution < -0.4 is 0 Å². The predicted octanol–water partition coefficient (Wildman–Crippen LogP) is 8.55. The first kappa shape index (κ1) is 23.4. The molecular weight excluding hydrogens is 295 g/mol. The monoisotopic (exact) mass is 343 g/mol. The summed E-state index contributed by atoms with van der Waals surface area (Å²) in [5.74, 6) is 0. The van der Waals surface area contributed by atoms with Crippen LogP contribution in [-0.4, -0.2) is 24.6 Å². The van der Waals surface area contributed by atoms with Crippen molar-refractivity contribution in [1.29, 1.82) is 0 Å². The fourth-order valence-electron chi connectivity index (χ4n) is 3.76. The summed E-state index contributed by atoms with van der Waals surface area (Å²) in [5.41, 5.74) is 0. The molecule has 140 valence electrons. The Hall–Kier alpha value is 0.430. The van der Waals surface area contributed by atoms with Gasteiger partial charge in [-0.2, -0.15) is 0 Å². The molecule has 0 spiro atoms. The molecule has 0 aliphatic carbocycles. The molecule has 0 rings (SSSR count). The largest absolute Gasteiger partial charge is 0.0654 e. The lowest BCUT2D eigenvalue weighted by Gasteiger charge is -2.28. The standard InChI is InChI=1S/C22H48P/c1-5-9-13-15-17-21-23(19-11-7-3,20-12-8-4)22-18-16-14-10-6-2/h5-22H2,1-4H3/q+1. The van der Waals surface area contributed by atoms with Crippen molar-refractivity contribution in [3.8, 4) is 0 Å². The molecule has 0 nitrogen and oxygen atoms in total. The highest BCUT2D eigenvalue weighted by Gasteiger charge is 2.34. The van der Waals surface area contributed by atoms with E-state index in [-0.39, 0.29) is 0 Å². The quantitative estimate of drug-likeness (QED) is 0.173. The molecule has 0 radical (unpaired) electrons. The smallest absolute Gasteiger partial charge is 0.0594 e. The highest BCUT2D eigenvalue weighted by molar-refractivity contribution is 7.75. The van der Waals surface area contributed by atoms with Crippen LogP contribution in [0.5, 0.6) is 0 Å². The van der Waals surface area contributed by atoms with Gasteiger partial charge in [0.2, 0.25) is 0 Å². The number of hydrogen-bond donors (Lipinski definition) is 0. The number of hydrogen-bond acceptors (Lipinski definition) is 0. The number of rotatable bonds is 18. The first-order valence-electron chi connectivity index (χ1n) is 11.1. The van der Waals surface area contributed by atoms with Crippen molar-refractivity contribution >= 4 is 7.26 Å². The highest BCUT2D eigenvalue weighted by atomic mass is 31.2. The zero-order valence-electron chi connectivity index (χ0n) is 17.2. The maximum atomic E-state index is 2.39. The van der Waals surface area contributed by atoms with E-state index >= 15 is 0 Å². The maximum Gasteiger partial charge on any atom is 0.0594 e. The summed E-state index contributed by atoms with van der Waals surface area (Å²) in [6, 6.07) is 0. The Balaban J connectivity index is 4.40. The van der Waals surface area contributed by atoms with Gasteiger partial charge in [-0.25, -0.2) is 0 Å². The first-order chi connectivity index (χ1) is 11.2. The summed E-state index contributed by atoms with van der Waals surface area (Å²) < 4.78 is 0. The van der Waals surface area contributed by atoms with Gasteiger partial charge in [-0.05, 0) is 38.5 Å². The Bertz CT molecular complexity index is 200. The molecule has 0 heterocycles. The summed E-state index contributed by atoms with van der Waals surface area (Å²) >= 11 is 0. The van der Waals surface area contributed by atoms with Crippen LogP contribution in [0.25, 0.3) is 0 Å². The van der Waals surface area contributed by atoms with E-state index < -0.39 is 7.26 Å². The van der Waals surface area contributed by atoms with Gasteiger partial charge in [0.25, 0.3) is 0 Å². The lowest BCUT2D eigenvalue weighted by Crippen LogP contribution is -2.13. The minimum absolute atomic E-state index is 0.627. The third kappa shape index (κ3) is 13.4. The molecule has 0 aromatic rings. The van der Waals surface area contributed by atoms with Crippen molar-refractivity contribution in [2.24, 2.45) is 0 Å². The lowest BCUT2D eigenvalue weighted by molar-refractivity contribution is 0.648. The van der Waals surface area contributed by atoms with Crippen LogP contribution in [0, 0.1) is 0 Å². The SMILES string of the molecule is CCCCCCC[P+](CCCC)(CCCC)CCCCCCC. The average molecular weight is 344 g/mol. The molecule has 0 aromatic carbocycles. The second-order valence-electron chi connectivity index (χ2n) is 7.77. The Morgan fingerprint density at radius 1 is 0.348 bits per heavy atom. The normalized spacial score (nSPS) is 12.0. The minimum Gasteiger partial charge on any atom is -0.0654 e. The van der Waals surface area contributed by atoms with E-state index in [1.807, 2.05) is 0 Å². The van der Waals surface area contributed by atoms with Gasteiger partial charge in [0.1, 0.15) is 0 Å². The van der Waals surface area contributed by atoms with Crippen LogP contribution >= 0.6 is 7.26 Å². The van der Waals surface area contributed by atoms with Crippen LogP contribution in [0.15, 0.2) is 0 Å². The van der Waals surface area contributed by atoms with Crippen LogP contribution in [0.4, 0.5) is 0 Å². The van der Waals surface area contributed by atoms with Crippen molar-refractivity contribution in [2.75, 3.05) is 24.6 Å². The average Bonchev–Trinajstić information content (AvgIpc) is 2.57. The third-order valence-electron chi connectivity index (χ3n) is 5.44. The molecule has 1 heteroatoms. The Labute approximate surface area is 149 Å². The lowest BCUT2D eigenvalue weighted by atomic mass is 10.2. The third-order valence-corrected chi connectivity index (χ3v) is 10.5. The molecule has 0 fully saturated rings. The summed E-state index contributed by atoms with van der Waals surface area (Å²) in [4.78, 5) is 0. The van der Waals surface area contributed by atoms with Gasteiger partial charge in [-0.1, -0.05) is 79.1 Å². The molecular formula is C22H48P+. The summed E-state index contributed by atoms with van der Waals surface area (Å²) in [5, 5.41) is 0. The summed E-state index contributed by atoms with van der Waals surface area (Å²) in [7, 11) is -0.627. The van der Waals surface area contributed by atoms with Crippen molar-refractivity contribution < 1.29 is 0 Å². The molecule has 0 aliphatic rings. The van der Waals surface area contributed by atoms with Gasteiger partial charge in [-0.15, -0.1) is 0 Å². The zero-order chi connectivity index (χ0) is 17.2. The van der Waals surface area contributed by atoms with Crippen LogP contribution in [-0.2, 0) is 0 Å². The van der Waals surface area contributed by atoms with E-state index in [0.29, 0.717) is 0 Å². The maximum absolute atomic E-state index is 2.39. The van der Waals surface area contributed by atoms with E-state index in [4.69, 9.17) is 0 Å². The van der Waals surface area contributed by atoms with Gasteiger partial charge >= 0.3 is 0 Å². The second-order valence-corrected chi connectivity index (χ2v) is 12.2. The van der Waals surface area contributed by atoms with Crippen LogP contribution in [0.2, 0.25) is 0 Å². The van der Waals surface area contributed by atoms with Gasteiger partial charge in [0.05, 0.1) is 24.6 Å². The van der Waals surface area contributed by atoms with Gasteiger partial charge < -0.3 is 0 Å². The fourth-order valence-corrected chi connectivity index (χ4v) is 8.86. The van der Waals surface area contributed by atoms with E-state index in [0.717, 1.165) is 0 Å². The Kier molecular flexibility index (Phi) is 17.6. The van der Waals surface area contributed by atoms with E-state index in [1.54, 1.807) is 24.6 Å². The van der Waals surface area contributed by atoms with E-state index in [2.05, 4.69) is 27.7 Å². The van der Waals surface area contributed by atoms with Gasteiger partial charge in [0.15, 0.2) is 0 Å². The van der Waals surface area contributed by atoms with E-state index in [1.165, 1.54) is 89.9 Å². The van der Waals surface area contributed by atoms with Crippen LogP contribution in [0.3, 0.4) is 0 Å². The minimum atomic E-state index is -0.627. The molecule has 0 unspecified atom stereocenters. The number of unbranched alkanes of at least 4 members (excludes halogenated alkanes) is 10. The molecule has 23 heavy (non-hydrogen) atoms. The van der Waals surface area contributed by atoms with Gasteiger partial charge in [0, 0.05) is 7.26 Å². The summed E-state index contributed by atoms with van der Waals surface area (Å²) in [6.45, 7) is 9.43. The first-order valence-corrected chi connectivity index (χ1v) is 13.6. The molecule has 0 N–H and O–H groups in total. The predicted molar refractivity (Wildman–Crippen MR) is 114 cm³/mol. The van der Waals surface area contributed by atoms with Crippen molar-refractivity contribution in [2.45, 2.75) is 118 Å².